The lowest BCUT2D eigenvalue weighted by Gasteiger charge is -2.20. The number of nitrogens with one attached hydrogen (secondary N) is 1. The van der Waals surface area contributed by atoms with Crippen LogP contribution in [0.25, 0.3) is 0 Å². The molecule has 1 aromatic rings. The second kappa shape index (κ2) is 8.25. The molecular weight excluding hydrogens is 266 g/mol. The first-order valence-corrected chi connectivity index (χ1v) is 7.66. The van der Waals surface area contributed by atoms with Crippen LogP contribution in [-0.4, -0.2) is 30.0 Å². The van der Waals surface area contributed by atoms with Gasteiger partial charge in [0.15, 0.2) is 11.5 Å². The topological polar surface area (TPSA) is 50.7 Å². The maximum atomic E-state index is 9.79. The number of hydrogen-bond donors (Lipinski definition) is 2. The Kier molecular flexibility index (Phi) is 6.99. The van der Waals surface area contributed by atoms with Gasteiger partial charge in [0.05, 0.1) is 18.8 Å². The maximum Gasteiger partial charge on any atom is 0.165 e. The molecule has 0 atom stereocenters. The van der Waals surface area contributed by atoms with Crippen molar-refractivity contribution in [2.24, 2.45) is 0 Å². The number of para-hydroxylation sites is 1. The number of rotatable bonds is 9. The Labute approximate surface area is 128 Å². The van der Waals surface area contributed by atoms with Crippen LogP contribution in [-0.2, 0) is 6.54 Å². The van der Waals surface area contributed by atoms with E-state index in [9.17, 15) is 5.11 Å². The van der Waals surface area contributed by atoms with E-state index >= 15 is 0 Å². The van der Waals surface area contributed by atoms with Gasteiger partial charge < -0.3 is 19.9 Å². The van der Waals surface area contributed by atoms with E-state index in [0.29, 0.717) is 25.7 Å². The summed E-state index contributed by atoms with van der Waals surface area (Å²) in [7, 11) is 0. The molecule has 0 fully saturated rings. The quantitative estimate of drug-likeness (QED) is 0.735. The van der Waals surface area contributed by atoms with Crippen molar-refractivity contribution in [3.05, 3.63) is 23.8 Å². The molecule has 0 saturated carbocycles. The Morgan fingerprint density at radius 2 is 1.95 bits per heavy atom. The molecule has 21 heavy (non-hydrogen) atoms. The van der Waals surface area contributed by atoms with Gasteiger partial charge in [-0.2, -0.15) is 0 Å². The van der Waals surface area contributed by atoms with E-state index in [1.807, 2.05) is 25.1 Å². The second-order valence-electron chi connectivity index (χ2n) is 6.12. The van der Waals surface area contributed by atoms with E-state index in [2.05, 4.69) is 19.2 Å². The monoisotopic (exact) mass is 295 g/mol. The molecule has 0 spiro atoms. The van der Waals surface area contributed by atoms with Crippen molar-refractivity contribution < 1.29 is 14.6 Å². The van der Waals surface area contributed by atoms with Crippen LogP contribution in [0.15, 0.2) is 18.2 Å². The molecule has 0 radical (unpaired) electrons. The lowest BCUT2D eigenvalue weighted by Crippen LogP contribution is -2.24. The summed E-state index contributed by atoms with van der Waals surface area (Å²) in [5, 5.41) is 13.2. The number of hydrogen-bond acceptors (Lipinski definition) is 4. The third-order valence-electron chi connectivity index (χ3n) is 3.02. The van der Waals surface area contributed by atoms with Crippen LogP contribution in [0.4, 0.5) is 0 Å². The molecule has 0 saturated heterocycles. The highest BCUT2D eigenvalue weighted by Gasteiger charge is 2.15. The highest BCUT2D eigenvalue weighted by Crippen LogP contribution is 2.32. The van der Waals surface area contributed by atoms with Gasteiger partial charge in [-0.1, -0.05) is 26.0 Å². The van der Waals surface area contributed by atoms with Crippen molar-refractivity contribution in [2.75, 3.05) is 13.2 Å². The molecule has 1 aromatic carbocycles. The highest BCUT2D eigenvalue weighted by molar-refractivity contribution is 5.46. The van der Waals surface area contributed by atoms with E-state index in [1.165, 1.54) is 0 Å². The second-order valence-corrected chi connectivity index (χ2v) is 6.12. The van der Waals surface area contributed by atoms with Crippen LogP contribution in [0.5, 0.6) is 11.5 Å². The molecule has 0 heterocycles. The lowest BCUT2D eigenvalue weighted by molar-refractivity contribution is 0.0546. The highest BCUT2D eigenvalue weighted by atomic mass is 16.5. The lowest BCUT2D eigenvalue weighted by atomic mass is 10.1. The largest absolute Gasteiger partial charge is 0.490 e. The van der Waals surface area contributed by atoms with Crippen LogP contribution in [0.3, 0.4) is 0 Å². The molecule has 120 valence electrons. The first-order valence-electron chi connectivity index (χ1n) is 7.66. The van der Waals surface area contributed by atoms with Crippen LogP contribution in [0, 0.1) is 0 Å². The predicted molar refractivity (Wildman–Crippen MR) is 86.0 cm³/mol. The molecule has 0 aliphatic carbocycles. The average Bonchev–Trinajstić information content (AvgIpc) is 2.37. The smallest absolute Gasteiger partial charge is 0.165 e. The van der Waals surface area contributed by atoms with E-state index in [0.717, 1.165) is 23.6 Å². The molecule has 2 N–H and O–H groups in total. The Morgan fingerprint density at radius 3 is 2.52 bits per heavy atom. The summed E-state index contributed by atoms with van der Waals surface area (Å²) in [4.78, 5) is 0. The molecule has 0 unspecified atom stereocenters. The standard InChI is InChI=1S/C17H29NO3/c1-6-20-15-9-7-8-14(12-18-13(2)3)16(15)21-11-10-17(4,5)19/h7-9,13,18-19H,6,10-12H2,1-5H3. The van der Waals surface area contributed by atoms with Gasteiger partial charge in [-0.3, -0.25) is 0 Å². The summed E-state index contributed by atoms with van der Waals surface area (Å²) in [5.74, 6) is 1.54. The minimum absolute atomic E-state index is 0.407. The zero-order valence-electron chi connectivity index (χ0n) is 13.9. The van der Waals surface area contributed by atoms with Gasteiger partial charge in [0.25, 0.3) is 0 Å². The Morgan fingerprint density at radius 1 is 1.24 bits per heavy atom. The Hall–Kier alpha value is -1.26. The molecular formula is C17H29NO3. The van der Waals surface area contributed by atoms with Gasteiger partial charge in [-0.15, -0.1) is 0 Å². The Bertz CT molecular complexity index is 425. The molecule has 4 nitrogen and oxygen atoms in total. The summed E-state index contributed by atoms with van der Waals surface area (Å²) in [6.07, 6.45) is 0.574. The van der Waals surface area contributed by atoms with Crippen LogP contribution in [0.2, 0.25) is 0 Å². The van der Waals surface area contributed by atoms with Crippen molar-refractivity contribution in [1.82, 2.24) is 5.32 Å². The minimum atomic E-state index is -0.725. The van der Waals surface area contributed by atoms with Crippen molar-refractivity contribution in [2.45, 2.75) is 59.2 Å². The van der Waals surface area contributed by atoms with Crippen molar-refractivity contribution in [1.29, 1.82) is 0 Å². The van der Waals surface area contributed by atoms with Gasteiger partial charge in [0, 0.05) is 24.6 Å². The third kappa shape index (κ3) is 6.82. The van der Waals surface area contributed by atoms with E-state index in [1.54, 1.807) is 13.8 Å². The Balaban J connectivity index is 2.83. The molecule has 0 aromatic heterocycles. The van der Waals surface area contributed by atoms with Gasteiger partial charge in [-0.05, 0) is 26.8 Å². The van der Waals surface area contributed by atoms with Crippen molar-refractivity contribution in [3.63, 3.8) is 0 Å². The van der Waals surface area contributed by atoms with Crippen LogP contribution in [0.1, 0.15) is 46.6 Å². The summed E-state index contributed by atoms with van der Waals surface area (Å²) in [6, 6.07) is 6.34. The summed E-state index contributed by atoms with van der Waals surface area (Å²) >= 11 is 0. The molecule has 0 aliphatic heterocycles. The zero-order chi connectivity index (χ0) is 15.9. The first-order chi connectivity index (χ1) is 9.83. The number of benzene rings is 1. The third-order valence-corrected chi connectivity index (χ3v) is 3.02. The van der Waals surface area contributed by atoms with Crippen molar-refractivity contribution >= 4 is 0 Å². The number of aliphatic hydroxyl groups is 1. The van der Waals surface area contributed by atoms with Gasteiger partial charge in [-0.25, -0.2) is 0 Å². The van der Waals surface area contributed by atoms with Gasteiger partial charge >= 0.3 is 0 Å². The molecule has 0 aliphatic rings. The van der Waals surface area contributed by atoms with Crippen molar-refractivity contribution in [3.8, 4) is 11.5 Å². The predicted octanol–water partition coefficient (Wildman–Crippen LogP) is 3.12. The van der Waals surface area contributed by atoms with E-state index < -0.39 is 5.60 Å². The van der Waals surface area contributed by atoms with Gasteiger partial charge in [0.2, 0.25) is 0 Å². The SMILES string of the molecule is CCOc1cccc(CNC(C)C)c1OCCC(C)(C)O. The minimum Gasteiger partial charge on any atom is -0.490 e. The summed E-state index contributed by atoms with van der Waals surface area (Å²) in [5.41, 5.74) is 0.349. The maximum absolute atomic E-state index is 9.79. The zero-order valence-corrected chi connectivity index (χ0v) is 13.9. The van der Waals surface area contributed by atoms with Gasteiger partial charge in [0.1, 0.15) is 0 Å². The molecule has 0 amide bonds. The summed E-state index contributed by atoms with van der Waals surface area (Å²) in [6.45, 7) is 11.5. The average molecular weight is 295 g/mol. The normalized spacial score (nSPS) is 11.8. The fourth-order valence-corrected chi connectivity index (χ4v) is 1.85. The van der Waals surface area contributed by atoms with E-state index in [4.69, 9.17) is 9.47 Å². The van der Waals surface area contributed by atoms with Crippen LogP contribution < -0.4 is 14.8 Å². The number of ether oxygens (including phenoxy) is 2. The van der Waals surface area contributed by atoms with Crippen LogP contribution >= 0.6 is 0 Å². The molecule has 4 heteroatoms. The molecule has 1 rings (SSSR count). The molecule has 0 bridgehead atoms. The summed E-state index contributed by atoms with van der Waals surface area (Å²) < 4.78 is 11.6. The van der Waals surface area contributed by atoms with E-state index in [-0.39, 0.29) is 0 Å². The first kappa shape index (κ1) is 17.8. The fraction of sp³-hybridized carbons (Fsp3) is 0.647. The fourth-order valence-electron chi connectivity index (χ4n) is 1.85.